The van der Waals surface area contributed by atoms with Gasteiger partial charge in [0.25, 0.3) is 0 Å². The van der Waals surface area contributed by atoms with Crippen LogP contribution in [0.1, 0.15) is 25.7 Å². The molecule has 6 heteroatoms. The minimum absolute atomic E-state index is 0.166. The van der Waals surface area contributed by atoms with Crippen molar-refractivity contribution in [2.75, 3.05) is 0 Å². The van der Waals surface area contributed by atoms with E-state index in [0.29, 0.717) is 10.1 Å². The van der Waals surface area contributed by atoms with Gasteiger partial charge in [-0.3, -0.25) is 0 Å². The predicted molar refractivity (Wildman–Crippen MR) is 71.6 cm³/mol. The summed E-state index contributed by atoms with van der Waals surface area (Å²) in [7, 11) is -3.31. The molecule has 1 aromatic rings. The topological polar surface area (TPSA) is 46.2 Å². The first-order chi connectivity index (χ1) is 8.04. The average molecular weight is 336 g/mol. The van der Waals surface area contributed by atoms with Gasteiger partial charge in [-0.25, -0.2) is 13.1 Å². The number of rotatable bonds is 3. The fourth-order valence-corrected chi connectivity index (χ4v) is 6.43. The van der Waals surface area contributed by atoms with E-state index < -0.39 is 10.0 Å². The Morgan fingerprint density at radius 2 is 2.12 bits per heavy atom. The van der Waals surface area contributed by atoms with Gasteiger partial charge in [0.1, 0.15) is 4.21 Å². The third-order valence-corrected chi connectivity index (χ3v) is 7.46. The Bertz CT molecular complexity index is 525. The highest BCUT2D eigenvalue weighted by Crippen LogP contribution is 2.45. The number of halogens is 1. The van der Waals surface area contributed by atoms with Crippen molar-refractivity contribution in [3.05, 3.63) is 15.9 Å². The molecule has 3 nitrogen and oxygen atoms in total. The molecule has 1 aromatic heterocycles. The van der Waals surface area contributed by atoms with Gasteiger partial charge in [0.2, 0.25) is 10.0 Å². The standard InChI is InChI=1S/C11H14BrNO2S2/c12-10-3-4-11(16-10)17(14,15)13-9-6-7-1-2-8(9)5-7/h3-4,7-9,13H,1-2,5-6H2/t7-,8+,9-/m0/s1. The van der Waals surface area contributed by atoms with Crippen LogP contribution in [0.2, 0.25) is 0 Å². The zero-order valence-corrected chi connectivity index (χ0v) is 12.4. The molecule has 0 unspecified atom stereocenters. The van der Waals surface area contributed by atoms with E-state index in [1.165, 1.54) is 30.6 Å². The SMILES string of the molecule is O=S(=O)(N[C@H]1C[C@H]2CC[C@@H]1C2)c1ccc(Br)s1. The normalized spacial score (nSPS) is 32.2. The summed E-state index contributed by atoms with van der Waals surface area (Å²) in [5.74, 6) is 1.32. The minimum Gasteiger partial charge on any atom is -0.207 e. The second-order valence-corrected chi connectivity index (χ2v) is 9.37. The van der Waals surface area contributed by atoms with Gasteiger partial charge < -0.3 is 0 Å². The summed E-state index contributed by atoms with van der Waals surface area (Å²) in [6.45, 7) is 0. The van der Waals surface area contributed by atoms with Crippen molar-refractivity contribution >= 4 is 37.3 Å². The Morgan fingerprint density at radius 3 is 2.65 bits per heavy atom. The van der Waals surface area contributed by atoms with Crippen molar-refractivity contribution in [3.63, 3.8) is 0 Å². The molecule has 2 bridgehead atoms. The van der Waals surface area contributed by atoms with Crippen LogP contribution in [0, 0.1) is 11.8 Å². The lowest BCUT2D eigenvalue weighted by Crippen LogP contribution is -2.38. The van der Waals surface area contributed by atoms with Crippen molar-refractivity contribution in [1.82, 2.24) is 4.72 Å². The smallest absolute Gasteiger partial charge is 0.207 e. The van der Waals surface area contributed by atoms with Gasteiger partial charge in [0, 0.05) is 6.04 Å². The molecule has 2 saturated carbocycles. The molecule has 3 rings (SSSR count). The number of fused-ring (bicyclic) bond motifs is 2. The van der Waals surface area contributed by atoms with Crippen LogP contribution in [-0.4, -0.2) is 14.5 Å². The van der Waals surface area contributed by atoms with Gasteiger partial charge in [-0.1, -0.05) is 6.42 Å². The highest BCUT2D eigenvalue weighted by molar-refractivity contribution is 9.11. The molecule has 0 amide bonds. The van der Waals surface area contributed by atoms with E-state index in [1.54, 1.807) is 12.1 Å². The van der Waals surface area contributed by atoms with Gasteiger partial charge in [0.05, 0.1) is 3.79 Å². The summed E-state index contributed by atoms with van der Waals surface area (Å²) < 4.78 is 28.5. The quantitative estimate of drug-likeness (QED) is 0.922. The first-order valence-corrected chi connectivity index (χ1v) is 8.91. The number of hydrogen-bond donors (Lipinski definition) is 1. The third kappa shape index (κ3) is 2.32. The summed E-state index contributed by atoms with van der Waals surface area (Å²) in [6, 6.07) is 3.60. The van der Waals surface area contributed by atoms with E-state index in [9.17, 15) is 8.42 Å². The van der Waals surface area contributed by atoms with Gasteiger partial charge in [-0.15, -0.1) is 11.3 Å². The second kappa shape index (κ2) is 4.33. The van der Waals surface area contributed by atoms with Crippen LogP contribution >= 0.6 is 27.3 Å². The van der Waals surface area contributed by atoms with Crippen molar-refractivity contribution in [1.29, 1.82) is 0 Å². The minimum atomic E-state index is -3.31. The van der Waals surface area contributed by atoms with E-state index in [1.807, 2.05) is 0 Å². The van der Waals surface area contributed by atoms with Crippen LogP contribution in [0.15, 0.2) is 20.1 Å². The molecule has 0 aromatic carbocycles. The Morgan fingerprint density at radius 1 is 1.29 bits per heavy atom. The molecule has 0 spiro atoms. The van der Waals surface area contributed by atoms with Crippen molar-refractivity contribution in [3.8, 4) is 0 Å². The molecule has 1 N–H and O–H groups in total. The van der Waals surface area contributed by atoms with E-state index in [0.717, 1.165) is 16.1 Å². The predicted octanol–water partition coefficient (Wildman–Crippen LogP) is 2.98. The van der Waals surface area contributed by atoms with Crippen LogP contribution in [0.25, 0.3) is 0 Å². The lowest BCUT2D eigenvalue weighted by molar-refractivity contribution is 0.390. The summed E-state index contributed by atoms with van der Waals surface area (Å²) in [4.78, 5) is 0. The fourth-order valence-electron chi connectivity index (χ4n) is 3.09. The van der Waals surface area contributed by atoms with Gasteiger partial charge in [0.15, 0.2) is 0 Å². The van der Waals surface area contributed by atoms with E-state index >= 15 is 0 Å². The second-order valence-electron chi connectivity index (χ2n) is 4.96. The molecule has 0 radical (unpaired) electrons. The zero-order chi connectivity index (χ0) is 12.0. The maximum atomic E-state index is 12.2. The lowest BCUT2D eigenvalue weighted by Gasteiger charge is -2.22. The lowest BCUT2D eigenvalue weighted by atomic mass is 9.96. The average Bonchev–Trinajstić information content (AvgIpc) is 2.92. The molecule has 94 valence electrons. The molecule has 17 heavy (non-hydrogen) atoms. The maximum Gasteiger partial charge on any atom is 0.250 e. The van der Waals surface area contributed by atoms with E-state index in [2.05, 4.69) is 20.7 Å². The summed E-state index contributed by atoms with van der Waals surface area (Å²) in [5, 5.41) is 0. The van der Waals surface area contributed by atoms with E-state index in [-0.39, 0.29) is 6.04 Å². The molecule has 3 atom stereocenters. The Kier molecular flexibility index (Phi) is 3.09. The van der Waals surface area contributed by atoms with Crippen LogP contribution in [0.3, 0.4) is 0 Å². The Balaban J connectivity index is 1.76. The van der Waals surface area contributed by atoms with Gasteiger partial charge in [-0.2, -0.15) is 0 Å². The number of thiophene rings is 1. The van der Waals surface area contributed by atoms with Crippen LogP contribution in [0.4, 0.5) is 0 Å². The van der Waals surface area contributed by atoms with Crippen LogP contribution < -0.4 is 4.72 Å². The summed E-state index contributed by atoms with van der Waals surface area (Å²) >= 11 is 4.56. The van der Waals surface area contributed by atoms with Gasteiger partial charge in [-0.05, 0) is 59.2 Å². The molecule has 2 aliphatic rings. The monoisotopic (exact) mass is 335 g/mol. The van der Waals surface area contributed by atoms with Crippen LogP contribution in [-0.2, 0) is 10.0 Å². The molecule has 0 aliphatic heterocycles. The molecule has 1 heterocycles. The molecule has 2 aliphatic carbocycles. The third-order valence-electron chi connectivity index (χ3n) is 3.86. The Labute approximate surface area is 114 Å². The zero-order valence-electron chi connectivity index (χ0n) is 9.23. The first-order valence-electron chi connectivity index (χ1n) is 5.82. The van der Waals surface area contributed by atoms with Crippen LogP contribution in [0.5, 0.6) is 0 Å². The van der Waals surface area contributed by atoms with Crippen molar-refractivity contribution in [2.45, 2.75) is 35.9 Å². The highest BCUT2D eigenvalue weighted by Gasteiger charge is 2.41. The van der Waals surface area contributed by atoms with Crippen molar-refractivity contribution in [2.24, 2.45) is 11.8 Å². The fraction of sp³-hybridized carbons (Fsp3) is 0.636. The van der Waals surface area contributed by atoms with E-state index in [4.69, 9.17) is 0 Å². The molecular formula is C11H14BrNO2S2. The largest absolute Gasteiger partial charge is 0.250 e. The molecule has 2 fully saturated rings. The van der Waals surface area contributed by atoms with Crippen molar-refractivity contribution < 1.29 is 8.42 Å². The maximum absolute atomic E-state index is 12.2. The number of sulfonamides is 1. The Hall–Kier alpha value is 0.0900. The van der Waals surface area contributed by atoms with Gasteiger partial charge >= 0.3 is 0 Å². The molecule has 0 saturated heterocycles. The molecular weight excluding hydrogens is 322 g/mol. The highest BCUT2D eigenvalue weighted by atomic mass is 79.9. The first kappa shape index (κ1) is 12.1. The number of hydrogen-bond acceptors (Lipinski definition) is 3. The summed E-state index contributed by atoms with van der Waals surface area (Å²) in [6.07, 6.45) is 4.71. The summed E-state index contributed by atoms with van der Waals surface area (Å²) in [5.41, 5.74) is 0. The number of nitrogens with one attached hydrogen (secondary N) is 1.